The molecule has 0 heterocycles. The highest BCUT2D eigenvalue weighted by molar-refractivity contribution is 7.99. The second kappa shape index (κ2) is 15.6. The van der Waals surface area contributed by atoms with Crippen LogP contribution >= 0.6 is 11.8 Å². The van der Waals surface area contributed by atoms with Gasteiger partial charge in [-0.25, -0.2) is 13.6 Å². The zero-order valence-electron chi connectivity index (χ0n) is 21.3. The number of benzene rings is 2. The Labute approximate surface area is 223 Å². The number of unbranched alkanes of at least 4 members (excludes halogenated alkanes) is 2. The van der Waals surface area contributed by atoms with Crippen LogP contribution in [0.3, 0.4) is 0 Å². The number of sulfonamides is 1. The molecule has 2 aromatic carbocycles. The van der Waals surface area contributed by atoms with Crippen molar-refractivity contribution in [3.05, 3.63) is 58.6 Å². The van der Waals surface area contributed by atoms with Crippen molar-refractivity contribution >= 4 is 39.1 Å². The van der Waals surface area contributed by atoms with Gasteiger partial charge in [0.05, 0.1) is 16.4 Å². The standard InChI is InChI=1S/C25H36N4O6S2/c1-3-35-25(30)12-8-5-9-16-28(2)17-15-20(19-36-21-10-6-4-7-11-21)27-23-14-13-22(37(26,33)34)18-24(23)29(31)32/h4,6-7,10-11,13-14,18,20,27H,3,5,8-9,12,15-17,19H2,1-2H3,(H2,26,33,34). The first-order chi connectivity index (χ1) is 17.6. The van der Waals surface area contributed by atoms with Gasteiger partial charge < -0.3 is 15.0 Å². The molecule has 1 atom stereocenters. The lowest BCUT2D eigenvalue weighted by molar-refractivity contribution is -0.384. The fraction of sp³-hybridized carbons (Fsp3) is 0.480. The van der Waals surface area contributed by atoms with Gasteiger partial charge in [-0.05, 0) is 70.6 Å². The summed E-state index contributed by atoms with van der Waals surface area (Å²) in [5.41, 5.74) is -0.0890. The zero-order valence-corrected chi connectivity index (χ0v) is 22.9. The smallest absolute Gasteiger partial charge is 0.305 e. The second-order valence-electron chi connectivity index (χ2n) is 8.65. The third kappa shape index (κ3) is 11.5. The lowest BCUT2D eigenvalue weighted by Crippen LogP contribution is -2.30. The third-order valence-electron chi connectivity index (χ3n) is 5.63. The average Bonchev–Trinajstić information content (AvgIpc) is 2.85. The van der Waals surface area contributed by atoms with Crippen molar-refractivity contribution in [1.82, 2.24) is 4.90 Å². The number of nitrogens with one attached hydrogen (secondary N) is 1. The van der Waals surface area contributed by atoms with Gasteiger partial charge in [-0.15, -0.1) is 11.8 Å². The molecule has 0 aromatic heterocycles. The molecule has 3 N–H and O–H groups in total. The molecule has 0 amide bonds. The minimum atomic E-state index is -4.06. The fourth-order valence-electron chi connectivity index (χ4n) is 3.64. The van der Waals surface area contributed by atoms with E-state index in [0.29, 0.717) is 25.2 Å². The number of nitrogens with two attached hydrogens (primary N) is 1. The normalized spacial score (nSPS) is 12.3. The average molecular weight is 553 g/mol. The predicted molar refractivity (Wildman–Crippen MR) is 146 cm³/mol. The Kier molecular flexibility index (Phi) is 12.8. The molecule has 0 radical (unpaired) electrons. The van der Waals surface area contributed by atoms with Crippen molar-refractivity contribution in [2.45, 2.75) is 54.9 Å². The highest BCUT2D eigenvalue weighted by atomic mass is 32.2. The Morgan fingerprint density at radius 1 is 1.16 bits per heavy atom. The maximum atomic E-state index is 11.7. The van der Waals surface area contributed by atoms with E-state index in [1.165, 1.54) is 12.1 Å². The topological polar surface area (TPSA) is 145 Å². The van der Waals surface area contributed by atoms with E-state index in [4.69, 9.17) is 9.88 Å². The van der Waals surface area contributed by atoms with E-state index < -0.39 is 14.9 Å². The van der Waals surface area contributed by atoms with Crippen molar-refractivity contribution in [3.63, 3.8) is 0 Å². The molecule has 0 fully saturated rings. The van der Waals surface area contributed by atoms with Crippen LogP contribution in [0.4, 0.5) is 11.4 Å². The fourth-order valence-corrected chi connectivity index (χ4v) is 5.17. The number of nitro groups is 1. The van der Waals surface area contributed by atoms with Crippen LogP contribution in [0, 0.1) is 10.1 Å². The van der Waals surface area contributed by atoms with Crippen LogP contribution in [0.15, 0.2) is 58.3 Å². The van der Waals surface area contributed by atoms with E-state index >= 15 is 0 Å². The molecule has 10 nitrogen and oxygen atoms in total. The van der Waals surface area contributed by atoms with E-state index in [9.17, 15) is 23.3 Å². The molecule has 0 spiro atoms. The predicted octanol–water partition coefficient (Wildman–Crippen LogP) is 4.26. The number of ether oxygens (including phenoxy) is 1. The van der Waals surface area contributed by atoms with Gasteiger partial charge in [0.25, 0.3) is 5.69 Å². The first-order valence-corrected chi connectivity index (χ1v) is 14.7. The van der Waals surface area contributed by atoms with Crippen LogP contribution in [0.25, 0.3) is 0 Å². The lowest BCUT2D eigenvalue weighted by atomic mass is 10.1. The quantitative estimate of drug-likeness (QED) is 0.0966. The number of esters is 1. The molecule has 0 saturated heterocycles. The first kappa shape index (κ1) is 30.6. The number of carbonyl (C=O) groups excluding carboxylic acids is 1. The lowest BCUT2D eigenvalue weighted by Gasteiger charge is -2.23. The van der Waals surface area contributed by atoms with E-state index in [-0.39, 0.29) is 28.3 Å². The van der Waals surface area contributed by atoms with Crippen molar-refractivity contribution in [1.29, 1.82) is 0 Å². The number of hydrogen-bond acceptors (Lipinski definition) is 9. The summed E-state index contributed by atoms with van der Waals surface area (Å²) in [6.07, 6.45) is 3.82. The number of thioether (sulfide) groups is 1. The van der Waals surface area contributed by atoms with Gasteiger partial charge in [0.1, 0.15) is 5.69 Å². The van der Waals surface area contributed by atoms with Gasteiger partial charge in [0.2, 0.25) is 10.0 Å². The summed E-state index contributed by atoms with van der Waals surface area (Å²) in [6.45, 7) is 3.82. The summed E-state index contributed by atoms with van der Waals surface area (Å²) >= 11 is 1.64. The van der Waals surface area contributed by atoms with Crippen LogP contribution < -0.4 is 10.5 Å². The van der Waals surface area contributed by atoms with Crippen molar-refractivity contribution in [3.8, 4) is 0 Å². The third-order valence-corrected chi connectivity index (χ3v) is 7.72. The largest absolute Gasteiger partial charge is 0.466 e. The molecule has 2 aromatic rings. The Morgan fingerprint density at radius 2 is 1.89 bits per heavy atom. The van der Waals surface area contributed by atoms with Crippen LogP contribution in [0.2, 0.25) is 0 Å². The maximum absolute atomic E-state index is 11.7. The molecule has 0 aliphatic heterocycles. The number of hydrogen-bond donors (Lipinski definition) is 2. The van der Waals surface area contributed by atoms with Crippen LogP contribution in [0.1, 0.15) is 39.0 Å². The number of nitrogens with zero attached hydrogens (tertiary/aromatic N) is 2. The van der Waals surface area contributed by atoms with E-state index in [1.807, 2.05) is 37.4 Å². The van der Waals surface area contributed by atoms with Crippen molar-refractivity contribution in [2.75, 3.05) is 37.8 Å². The highest BCUT2D eigenvalue weighted by Crippen LogP contribution is 2.29. The number of rotatable bonds is 17. The van der Waals surface area contributed by atoms with Crippen LogP contribution in [-0.2, 0) is 19.6 Å². The summed E-state index contributed by atoms with van der Waals surface area (Å²) in [6, 6.07) is 13.4. The molecule has 2 rings (SSSR count). The molecule has 0 saturated carbocycles. The first-order valence-electron chi connectivity index (χ1n) is 12.2. The van der Waals surface area contributed by atoms with Crippen LogP contribution in [-0.4, -0.2) is 62.7 Å². The number of anilines is 1. The number of nitro benzene ring substituents is 1. The summed E-state index contributed by atoms with van der Waals surface area (Å²) < 4.78 is 28.3. The molecule has 12 heteroatoms. The molecule has 0 aliphatic rings. The Balaban J connectivity index is 2.01. The summed E-state index contributed by atoms with van der Waals surface area (Å²) in [4.78, 5) is 25.5. The zero-order chi connectivity index (χ0) is 27.3. The Bertz CT molecular complexity index is 1120. The Morgan fingerprint density at radius 3 is 2.54 bits per heavy atom. The van der Waals surface area contributed by atoms with Gasteiger partial charge >= 0.3 is 5.97 Å². The SMILES string of the molecule is CCOC(=O)CCCCCN(C)CCC(CSc1ccccc1)Nc1ccc(S(N)(=O)=O)cc1[N+](=O)[O-]. The van der Waals surface area contributed by atoms with Gasteiger partial charge in [-0.1, -0.05) is 24.6 Å². The van der Waals surface area contributed by atoms with Gasteiger partial charge in [-0.3, -0.25) is 14.9 Å². The summed E-state index contributed by atoms with van der Waals surface area (Å²) in [5, 5.41) is 20.1. The minimum absolute atomic E-state index is 0.115. The van der Waals surface area contributed by atoms with Crippen molar-refractivity contribution < 1.29 is 22.9 Å². The molecular weight excluding hydrogens is 516 g/mol. The van der Waals surface area contributed by atoms with E-state index in [1.54, 1.807) is 18.7 Å². The number of carbonyl (C=O) groups is 1. The van der Waals surface area contributed by atoms with Gasteiger partial charge in [0, 0.05) is 29.2 Å². The molecule has 204 valence electrons. The minimum Gasteiger partial charge on any atom is -0.466 e. The maximum Gasteiger partial charge on any atom is 0.305 e. The van der Waals surface area contributed by atoms with E-state index in [0.717, 1.165) is 43.3 Å². The molecular formula is C25H36N4O6S2. The summed E-state index contributed by atoms with van der Waals surface area (Å²) in [7, 11) is -2.04. The summed E-state index contributed by atoms with van der Waals surface area (Å²) in [5.74, 6) is 0.498. The number of primary sulfonamides is 1. The van der Waals surface area contributed by atoms with E-state index in [2.05, 4.69) is 10.2 Å². The molecule has 0 aliphatic carbocycles. The molecule has 1 unspecified atom stereocenters. The molecule has 37 heavy (non-hydrogen) atoms. The Hall–Kier alpha value is -2.67. The van der Waals surface area contributed by atoms with Gasteiger partial charge in [-0.2, -0.15) is 0 Å². The highest BCUT2D eigenvalue weighted by Gasteiger charge is 2.21. The monoisotopic (exact) mass is 552 g/mol. The molecule has 0 bridgehead atoms. The van der Waals surface area contributed by atoms with Crippen molar-refractivity contribution in [2.24, 2.45) is 5.14 Å². The van der Waals surface area contributed by atoms with Gasteiger partial charge in [0.15, 0.2) is 0 Å². The van der Waals surface area contributed by atoms with Crippen LogP contribution in [0.5, 0.6) is 0 Å². The second-order valence-corrected chi connectivity index (χ2v) is 11.3.